The molecule has 1 aromatic rings. The van der Waals surface area contributed by atoms with Crippen LogP contribution >= 0.6 is 15.9 Å². The van der Waals surface area contributed by atoms with E-state index in [4.69, 9.17) is 5.73 Å². The monoisotopic (exact) mass is 310 g/mol. The van der Waals surface area contributed by atoms with Gasteiger partial charge in [0.05, 0.1) is 6.04 Å². The predicted octanol–water partition coefficient (Wildman–Crippen LogP) is 2.85. The lowest BCUT2D eigenvalue weighted by atomic mass is 10.0. The van der Waals surface area contributed by atoms with E-state index in [1.165, 1.54) is 5.56 Å². The molecule has 0 spiro atoms. The molecular weight excluding hydrogens is 292 g/mol. The highest BCUT2D eigenvalue weighted by molar-refractivity contribution is 9.10. The van der Waals surface area contributed by atoms with E-state index in [1.54, 1.807) is 0 Å². The highest BCUT2D eigenvalue weighted by Crippen LogP contribution is 2.33. The van der Waals surface area contributed by atoms with Crippen LogP contribution in [0.2, 0.25) is 0 Å². The lowest BCUT2D eigenvalue weighted by Gasteiger charge is -2.25. The molecule has 4 heteroatoms. The number of carbonyl (C=O) groups is 1. The molecule has 1 fully saturated rings. The van der Waals surface area contributed by atoms with E-state index in [0.717, 1.165) is 30.3 Å². The van der Waals surface area contributed by atoms with Gasteiger partial charge in [-0.2, -0.15) is 0 Å². The number of rotatable bonds is 4. The number of nitrogens with two attached hydrogens (primary N) is 1. The van der Waals surface area contributed by atoms with Crippen molar-refractivity contribution in [2.45, 2.75) is 31.7 Å². The molecule has 1 unspecified atom stereocenters. The molecule has 1 saturated heterocycles. The maximum Gasteiger partial charge on any atom is 0.223 e. The van der Waals surface area contributed by atoms with Crippen LogP contribution < -0.4 is 5.73 Å². The Labute approximate surface area is 116 Å². The van der Waals surface area contributed by atoms with Gasteiger partial charge in [0.1, 0.15) is 0 Å². The van der Waals surface area contributed by atoms with Crippen molar-refractivity contribution in [1.82, 2.24) is 4.90 Å². The molecule has 98 valence electrons. The predicted molar refractivity (Wildman–Crippen MR) is 76.1 cm³/mol. The zero-order chi connectivity index (χ0) is 13.0. The summed E-state index contributed by atoms with van der Waals surface area (Å²) in [6.45, 7) is 1.46. The Morgan fingerprint density at radius 3 is 2.78 bits per heavy atom. The molecule has 0 saturated carbocycles. The SMILES string of the molecule is NCCCC(=O)N1CCCC1c1ccc(Br)cc1. The van der Waals surface area contributed by atoms with Crippen LogP contribution in [0.4, 0.5) is 0 Å². The topological polar surface area (TPSA) is 46.3 Å². The largest absolute Gasteiger partial charge is 0.336 e. The number of nitrogens with zero attached hydrogens (tertiary/aromatic N) is 1. The lowest BCUT2D eigenvalue weighted by Crippen LogP contribution is -2.30. The molecular formula is C14H19BrN2O. The van der Waals surface area contributed by atoms with Crippen molar-refractivity contribution in [3.63, 3.8) is 0 Å². The Morgan fingerprint density at radius 2 is 2.11 bits per heavy atom. The molecule has 2 N–H and O–H groups in total. The minimum Gasteiger partial charge on any atom is -0.336 e. The number of likely N-dealkylation sites (tertiary alicyclic amines) is 1. The van der Waals surface area contributed by atoms with Gasteiger partial charge >= 0.3 is 0 Å². The summed E-state index contributed by atoms with van der Waals surface area (Å²) in [5.74, 6) is 0.242. The maximum absolute atomic E-state index is 12.1. The van der Waals surface area contributed by atoms with Gasteiger partial charge in [-0.1, -0.05) is 28.1 Å². The van der Waals surface area contributed by atoms with Gasteiger partial charge in [0.2, 0.25) is 5.91 Å². The summed E-state index contributed by atoms with van der Waals surface area (Å²) in [6, 6.07) is 8.53. The molecule has 1 aliphatic rings. The molecule has 18 heavy (non-hydrogen) atoms. The molecule has 0 bridgehead atoms. The second-order valence-corrected chi connectivity index (χ2v) is 5.60. The number of carbonyl (C=O) groups excluding carboxylic acids is 1. The van der Waals surface area contributed by atoms with Crippen molar-refractivity contribution in [3.05, 3.63) is 34.3 Å². The average molecular weight is 311 g/mol. The van der Waals surface area contributed by atoms with E-state index < -0.39 is 0 Å². The molecule has 0 radical (unpaired) electrons. The summed E-state index contributed by atoms with van der Waals surface area (Å²) < 4.78 is 1.07. The quantitative estimate of drug-likeness (QED) is 0.929. The normalized spacial score (nSPS) is 19.2. The molecule has 1 atom stereocenters. The lowest BCUT2D eigenvalue weighted by molar-refractivity contribution is -0.132. The van der Waals surface area contributed by atoms with Crippen LogP contribution in [-0.4, -0.2) is 23.9 Å². The fourth-order valence-corrected chi connectivity index (χ4v) is 2.76. The third kappa shape index (κ3) is 3.12. The van der Waals surface area contributed by atoms with Crippen LogP contribution in [0.15, 0.2) is 28.7 Å². The van der Waals surface area contributed by atoms with E-state index in [9.17, 15) is 4.79 Å². The average Bonchev–Trinajstić information content (AvgIpc) is 2.86. The second kappa shape index (κ2) is 6.34. The molecule has 2 rings (SSSR count). The standard InChI is InChI=1S/C14H19BrN2O/c15-12-7-5-11(6-8-12)13-3-2-10-17(13)14(18)4-1-9-16/h5-8,13H,1-4,9-10,16H2. The van der Waals surface area contributed by atoms with Gasteiger partial charge in [-0.25, -0.2) is 0 Å². The molecule has 0 aromatic heterocycles. The Hall–Kier alpha value is -0.870. The van der Waals surface area contributed by atoms with Crippen molar-refractivity contribution in [2.24, 2.45) is 5.73 Å². The van der Waals surface area contributed by atoms with Crippen molar-refractivity contribution < 1.29 is 4.79 Å². The first-order valence-electron chi connectivity index (χ1n) is 6.47. The minimum absolute atomic E-state index is 0.242. The molecule has 3 nitrogen and oxygen atoms in total. The third-order valence-electron chi connectivity index (χ3n) is 3.42. The van der Waals surface area contributed by atoms with E-state index >= 15 is 0 Å². The Kier molecular flexibility index (Phi) is 4.78. The first-order chi connectivity index (χ1) is 8.72. The number of hydrogen-bond acceptors (Lipinski definition) is 2. The maximum atomic E-state index is 12.1. The van der Waals surface area contributed by atoms with Crippen molar-refractivity contribution in [3.8, 4) is 0 Å². The highest BCUT2D eigenvalue weighted by Gasteiger charge is 2.29. The number of amides is 1. The van der Waals surface area contributed by atoms with Gasteiger partial charge in [-0.05, 0) is 43.5 Å². The Morgan fingerprint density at radius 1 is 1.39 bits per heavy atom. The van der Waals surface area contributed by atoms with Crippen LogP contribution in [0.25, 0.3) is 0 Å². The molecule has 0 aliphatic carbocycles. The van der Waals surface area contributed by atoms with E-state index in [0.29, 0.717) is 13.0 Å². The zero-order valence-electron chi connectivity index (χ0n) is 10.4. The molecule has 1 aromatic carbocycles. The van der Waals surface area contributed by atoms with Gasteiger partial charge in [0.25, 0.3) is 0 Å². The van der Waals surface area contributed by atoms with Crippen molar-refractivity contribution in [2.75, 3.05) is 13.1 Å². The summed E-state index contributed by atoms with van der Waals surface area (Å²) in [5, 5.41) is 0. The zero-order valence-corrected chi connectivity index (χ0v) is 12.0. The van der Waals surface area contributed by atoms with Crippen LogP contribution in [0.5, 0.6) is 0 Å². The van der Waals surface area contributed by atoms with Crippen LogP contribution in [-0.2, 0) is 4.79 Å². The van der Waals surface area contributed by atoms with Crippen molar-refractivity contribution in [1.29, 1.82) is 0 Å². The summed E-state index contributed by atoms with van der Waals surface area (Å²) in [7, 11) is 0. The van der Waals surface area contributed by atoms with Gasteiger partial charge in [0, 0.05) is 17.4 Å². The summed E-state index contributed by atoms with van der Waals surface area (Å²) in [4.78, 5) is 14.1. The highest BCUT2D eigenvalue weighted by atomic mass is 79.9. The van der Waals surface area contributed by atoms with Gasteiger partial charge in [-0.15, -0.1) is 0 Å². The van der Waals surface area contributed by atoms with E-state index in [-0.39, 0.29) is 11.9 Å². The first kappa shape index (κ1) is 13.6. The van der Waals surface area contributed by atoms with E-state index in [1.807, 2.05) is 17.0 Å². The summed E-state index contributed by atoms with van der Waals surface area (Å²) >= 11 is 3.44. The second-order valence-electron chi connectivity index (χ2n) is 4.69. The van der Waals surface area contributed by atoms with Crippen LogP contribution in [0.1, 0.15) is 37.3 Å². The summed E-state index contributed by atoms with van der Waals surface area (Å²) in [6.07, 6.45) is 3.51. The smallest absolute Gasteiger partial charge is 0.223 e. The molecule has 1 aliphatic heterocycles. The fourth-order valence-electron chi connectivity index (χ4n) is 2.49. The third-order valence-corrected chi connectivity index (χ3v) is 3.95. The Balaban J connectivity index is 2.07. The van der Waals surface area contributed by atoms with Crippen LogP contribution in [0.3, 0.4) is 0 Å². The van der Waals surface area contributed by atoms with Gasteiger partial charge < -0.3 is 10.6 Å². The number of halogens is 1. The molecule has 1 heterocycles. The summed E-state index contributed by atoms with van der Waals surface area (Å²) in [5.41, 5.74) is 6.70. The Bertz CT molecular complexity index is 405. The van der Waals surface area contributed by atoms with E-state index in [2.05, 4.69) is 28.1 Å². The molecule has 1 amide bonds. The fraction of sp³-hybridized carbons (Fsp3) is 0.500. The number of benzene rings is 1. The van der Waals surface area contributed by atoms with Gasteiger partial charge in [0.15, 0.2) is 0 Å². The first-order valence-corrected chi connectivity index (χ1v) is 7.26. The number of hydrogen-bond donors (Lipinski definition) is 1. The minimum atomic E-state index is 0.242. The van der Waals surface area contributed by atoms with Gasteiger partial charge in [-0.3, -0.25) is 4.79 Å². The van der Waals surface area contributed by atoms with Crippen molar-refractivity contribution >= 4 is 21.8 Å². The van der Waals surface area contributed by atoms with Crippen LogP contribution in [0, 0.1) is 0 Å².